The van der Waals surface area contributed by atoms with Gasteiger partial charge in [0.05, 0.1) is 0 Å². The summed E-state index contributed by atoms with van der Waals surface area (Å²) in [5, 5.41) is 0. The first kappa shape index (κ1) is 16.4. The summed E-state index contributed by atoms with van der Waals surface area (Å²) in [6.07, 6.45) is 0. The van der Waals surface area contributed by atoms with Gasteiger partial charge in [-0.3, -0.25) is 4.90 Å². The van der Waals surface area contributed by atoms with Crippen molar-refractivity contribution in [1.29, 1.82) is 0 Å². The first-order chi connectivity index (χ1) is 9.91. The minimum absolute atomic E-state index is 0.230. The fourth-order valence-electron chi connectivity index (χ4n) is 2.33. The third-order valence-electron chi connectivity index (χ3n) is 3.65. The van der Waals surface area contributed by atoms with Gasteiger partial charge in [-0.15, -0.1) is 0 Å². The van der Waals surface area contributed by atoms with Crippen molar-refractivity contribution < 1.29 is 12.8 Å². The molecule has 7 heteroatoms. The Balaban J connectivity index is 2.00. The van der Waals surface area contributed by atoms with E-state index in [4.69, 9.17) is 0 Å². The largest absolute Gasteiger partial charge is 0.308 e. The maximum Gasteiger partial charge on any atom is 0.246 e. The van der Waals surface area contributed by atoms with E-state index in [0.717, 1.165) is 13.1 Å². The smallest absolute Gasteiger partial charge is 0.246 e. The maximum absolute atomic E-state index is 13.7. The van der Waals surface area contributed by atoms with Gasteiger partial charge in [0, 0.05) is 39.3 Å². The highest BCUT2D eigenvalue weighted by atomic mass is 32.2. The highest BCUT2D eigenvalue weighted by Gasteiger charge is 2.30. The molecule has 0 atom stereocenters. The Morgan fingerprint density at radius 3 is 2.33 bits per heavy atom. The second kappa shape index (κ2) is 6.83. The molecule has 5 nitrogen and oxygen atoms in total. The number of benzene rings is 1. The number of nitrogens with zero attached hydrogens (tertiary/aromatic N) is 3. The first-order valence-corrected chi connectivity index (χ1v) is 8.47. The van der Waals surface area contributed by atoms with Gasteiger partial charge in [0.25, 0.3) is 0 Å². The highest BCUT2D eigenvalue weighted by molar-refractivity contribution is 7.89. The lowest BCUT2D eigenvalue weighted by Gasteiger charge is -2.34. The van der Waals surface area contributed by atoms with Crippen molar-refractivity contribution in [1.82, 2.24) is 14.1 Å². The van der Waals surface area contributed by atoms with Gasteiger partial charge in [0.2, 0.25) is 10.0 Å². The van der Waals surface area contributed by atoms with E-state index in [1.165, 1.54) is 22.5 Å². The van der Waals surface area contributed by atoms with E-state index in [1.807, 2.05) is 14.1 Å². The summed E-state index contributed by atoms with van der Waals surface area (Å²) in [4.78, 5) is 4.10. The summed E-state index contributed by atoms with van der Waals surface area (Å²) < 4.78 is 40.0. The van der Waals surface area contributed by atoms with E-state index in [0.29, 0.717) is 26.2 Å². The Kier molecular flexibility index (Phi) is 5.32. The van der Waals surface area contributed by atoms with E-state index in [2.05, 4.69) is 9.80 Å². The van der Waals surface area contributed by atoms with E-state index < -0.39 is 15.8 Å². The van der Waals surface area contributed by atoms with Gasteiger partial charge in [-0.05, 0) is 26.2 Å². The third kappa shape index (κ3) is 4.00. The SMILES string of the molecule is CN(C)CCN1CCN(S(=O)(=O)c2ccccc2F)CC1. The average Bonchev–Trinajstić information content (AvgIpc) is 2.46. The molecule has 1 saturated heterocycles. The van der Waals surface area contributed by atoms with Gasteiger partial charge >= 0.3 is 0 Å². The monoisotopic (exact) mass is 315 g/mol. The Labute approximate surface area is 126 Å². The molecule has 1 heterocycles. The molecule has 0 radical (unpaired) electrons. The minimum atomic E-state index is -3.73. The van der Waals surface area contributed by atoms with Crippen molar-refractivity contribution in [3.05, 3.63) is 30.1 Å². The highest BCUT2D eigenvalue weighted by Crippen LogP contribution is 2.20. The van der Waals surface area contributed by atoms with Crippen molar-refractivity contribution in [2.45, 2.75) is 4.90 Å². The Morgan fingerprint density at radius 1 is 1.14 bits per heavy atom. The van der Waals surface area contributed by atoms with Gasteiger partial charge in [0.15, 0.2) is 0 Å². The van der Waals surface area contributed by atoms with Gasteiger partial charge in [-0.2, -0.15) is 4.31 Å². The topological polar surface area (TPSA) is 43.9 Å². The van der Waals surface area contributed by atoms with Crippen molar-refractivity contribution >= 4 is 10.0 Å². The summed E-state index contributed by atoms with van der Waals surface area (Å²) in [5.41, 5.74) is 0. The van der Waals surface area contributed by atoms with Crippen LogP contribution in [0.15, 0.2) is 29.2 Å². The van der Waals surface area contributed by atoms with Crippen LogP contribution < -0.4 is 0 Å². The second-order valence-electron chi connectivity index (χ2n) is 5.48. The fraction of sp³-hybridized carbons (Fsp3) is 0.571. The molecule has 0 spiro atoms. The van der Waals surface area contributed by atoms with Gasteiger partial charge in [-0.1, -0.05) is 12.1 Å². The van der Waals surface area contributed by atoms with Crippen molar-refractivity contribution in [2.24, 2.45) is 0 Å². The molecule has 2 rings (SSSR count). The van der Waals surface area contributed by atoms with Crippen LogP contribution in [0.5, 0.6) is 0 Å². The molecule has 1 aromatic carbocycles. The molecule has 21 heavy (non-hydrogen) atoms. The van der Waals surface area contributed by atoms with Crippen LogP contribution in [-0.2, 0) is 10.0 Å². The van der Waals surface area contributed by atoms with Crippen LogP contribution in [0.25, 0.3) is 0 Å². The van der Waals surface area contributed by atoms with E-state index >= 15 is 0 Å². The number of sulfonamides is 1. The van der Waals surface area contributed by atoms with Crippen LogP contribution in [0.4, 0.5) is 4.39 Å². The lowest BCUT2D eigenvalue weighted by molar-refractivity contribution is 0.174. The molecule has 0 unspecified atom stereocenters. The summed E-state index contributed by atoms with van der Waals surface area (Å²) >= 11 is 0. The number of likely N-dealkylation sites (N-methyl/N-ethyl adjacent to an activating group) is 1. The number of hydrogen-bond donors (Lipinski definition) is 0. The molecule has 1 fully saturated rings. The molecular weight excluding hydrogens is 293 g/mol. The zero-order valence-corrected chi connectivity index (χ0v) is 13.3. The van der Waals surface area contributed by atoms with Crippen LogP contribution in [0.3, 0.4) is 0 Å². The minimum Gasteiger partial charge on any atom is -0.308 e. The summed E-state index contributed by atoms with van der Waals surface area (Å²) in [7, 11) is 0.299. The molecule has 1 aliphatic rings. The van der Waals surface area contributed by atoms with E-state index in [9.17, 15) is 12.8 Å². The second-order valence-corrected chi connectivity index (χ2v) is 7.39. The zero-order chi connectivity index (χ0) is 15.5. The molecule has 0 aromatic heterocycles. The van der Waals surface area contributed by atoms with Crippen molar-refractivity contribution in [2.75, 3.05) is 53.4 Å². The van der Waals surface area contributed by atoms with Gasteiger partial charge in [-0.25, -0.2) is 12.8 Å². The predicted molar refractivity (Wildman–Crippen MR) is 80.2 cm³/mol. The van der Waals surface area contributed by atoms with Crippen molar-refractivity contribution in [3.63, 3.8) is 0 Å². The third-order valence-corrected chi connectivity index (χ3v) is 5.58. The summed E-state index contributed by atoms with van der Waals surface area (Å²) in [6, 6.07) is 5.54. The normalized spacial score (nSPS) is 18.3. The Hall–Kier alpha value is -1.02. The summed E-state index contributed by atoms with van der Waals surface area (Å²) in [6.45, 7) is 4.04. The van der Waals surface area contributed by atoms with Crippen LogP contribution in [-0.4, -0.2) is 75.9 Å². The van der Waals surface area contributed by atoms with Gasteiger partial charge < -0.3 is 4.90 Å². The quantitative estimate of drug-likeness (QED) is 0.802. The molecule has 118 valence electrons. The number of halogens is 1. The zero-order valence-electron chi connectivity index (χ0n) is 12.5. The molecule has 0 amide bonds. The molecule has 0 saturated carbocycles. The number of hydrogen-bond acceptors (Lipinski definition) is 4. The lowest BCUT2D eigenvalue weighted by atomic mass is 10.3. The molecule has 0 aliphatic carbocycles. The van der Waals surface area contributed by atoms with Crippen LogP contribution in [0.2, 0.25) is 0 Å². The maximum atomic E-state index is 13.7. The van der Waals surface area contributed by atoms with E-state index in [-0.39, 0.29) is 4.90 Å². The number of piperazine rings is 1. The Morgan fingerprint density at radius 2 is 1.76 bits per heavy atom. The summed E-state index contributed by atoms with van der Waals surface area (Å²) in [5.74, 6) is -0.687. The van der Waals surface area contributed by atoms with Gasteiger partial charge in [0.1, 0.15) is 10.7 Å². The molecule has 1 aliphatic heterocycles. The standard InChI is InChI=1S/C14H22FN3O2S/c1-16(2)7-8-17-9-11-18(12-10-17)21(19,20)14-6-4-3-5-13(14)15/h3-6H,7-12H2,1-2H3. The molecule has 0 N–H and O–H groups in total. The first-order valence-electron chi connectivity index (χ1n) is 7.03. The molecule has 1 aromatic rings. The van der Waals surface area contributed by atoms with Crippen LogP contribution in [0.1, 0.15) is 0 Å². The Bertz CT molecular complexity index is 569. The predicted octanol–water partition coefficient (Wildman–Crippen LogP) is 0.694. The van der Waals surface area contributed by atoms with E-state index in [1.54, 1.807) is 6.07 Å². The molecule has 0 bridgehead atoms. The average molecular weight is 315 g/mol. The number of rotatable bonds is 5. The van der Waals surface area contributed by atoms with Crippen molar-refractivity contribution in [3.8, 4) is 0 Å². The lowest BCUT2D eigenvalue weighted by Crippen LogP contribution is -2.49. The fourth-order valence-corrected chi connectivity index (χ4v) is 3.82. The van der Waals surface area contributed by atoms with Crippen LogP contribution >= 0.6 is 0 Å². The molecular formula is C14H22FN3O2S. The van der Waals surface area contributed by atoms with Crippen LogP contribution in [0, 0.1) is 5.82 Å².